The molecule has 3 rings (SSSR count). The first-order valence-electron chi connectivity index (χ1n) is 8.37. The van der Waals surface area contributed by atoms with Crippen LogP contribution in [0.2, 0.25) is 0 Å². The fourth-order valence-corrected chi connectivity index (χ4v) is 3.29. The van der Waals surface area contributed by atoms with Crippen LogP contribution in [0.1, 0.15) is 27.8 Å². The molecule has 8 nitrogen and oxygen atoms in total. The van der Waals surface area contributed by atoms with Crippen molar-refractivity contribution in [1.82, 2.24) is 15.3 Å². The molecular weight excluding hydrogens is 373 g/mol. The zero-order valence-electron chi connectivity index (χ0n) is 14.9. The van der Waals surface area contributed by atoms with Gasteiger partial charge in [-0.25, -0.2) is 9.37 Å². The highest BCUT2D eigenvalue weighted by molar-refractivity contribution is 7.14. The topological polar surface area (TPSA) is 96.4 Å². The number of hydrogen-bond donors (Lipinski definition) is 2. The molecule has 0 unspecified atom stereocenters. The molecule has 0 spiro atoms. The first-order chi connectivity index (χ1) is 13.0. The molecule has 2 aromatic heterocycles. The molecule has 0 saturated carbocycles. The number of nitrogens with zero attached hydrogens (tertiary/aromatic N) is 3. The van der Waals surface area contributed by atoms with E-state index in [1.807, 2.05) is 4.90 Å². The van der Waals surface area contributed by atoms with Crippen molar-refractivity contribution in [3.05, 3.63) is 35.1 Å². The first kappa shape index (κ1) is 19.2. The molecule has 1 aliphatic rings. The van der Waals surface area contributed by atoms with Gasteiger partial charge >= 0.3 is 0 Å². The Hall–Kier alpha value is -2.59. The van der Waals surface area contributed by atoms with E-state index in [2.05, 4.69) is 20.6 Å². The number of carbonyl (C=O) groups excluding carboxylic acids is 2. The van der Waals surface area contributed by atoms with Gasteiger partial charge in [0, 0.05) is 38.0 Å². The second kappa shape index (κ2) is 8.40. The number of thiazole rings is 1. The maximum Gasteiger partial charge on any atom is 0.275 e. The Balaban J connectivity index is 1.68. The number of rotatable bonds is 7. The molecule has 2 N–H and O–H groups in total. The SMILES string of the molecule is COC1CN(c2nc(C(=O)Nc3ccncc3C(=O)N[C@@H](C)CF)cs2)C1. The van der Waals surface area contributed by atoms with E-state index in [4.69, 9.17) is 4.74 Å². The molecule has 1 fully saturated rings. The molecule has 10 heteroatoms. The number of nitrogens with one attached hydrogen (secondary N) is 2. The largest absolute Gasteiger partial charge is 0.378 e. The predicted octanol–water partition coefficient (Wildman–Crippen LogP) is 1.71. The lowest BCUT2D eigenvalue weighted by molar-refractivity contribution is 0.0787. The van der Waals surface area contributed by atoms with Crippen LogP contribution in [0.3, 0.4) is 0 Å². The van der Waals surface area contributed by atoms with E-state index in [0.717, 1.165) is 18.2 Å². The lowest BCUT2D eigenvalue weighted by Gasteiger charge is -2.37. The summed E-state index contributed by atoms with van der Waals surface area (Å²) in [6, 6.07) is 0.883. The van der Waals surface area contributed by atoms with Crippen LogP contribution in [0.25, 0.3) is 0 Å². The molecule has 3 heterocycles. The molecule has 2 amide bonds. The second-order valence-electron chi connectivity index (χ2n) is 6.18. The average Bonchev–Trinajstić information content (AvgIpc) is 3.11. The number of alkyl halides is 1. The Morgan fingerprint density at radius 2 is 2.22 bits per heavy atom. The minimum Gasteiger partial charge on any atom is -0.378 e. The molecular formula is C17H20FN5O3S. The molecule has 144 valence electrons. The Labute approximate surface area is 159 Å². The summed E-state index contributed by atoms with van der Waals surface area (Å²) in [6.07, 6.45) is 2.98. The minimum atomic E-state index is -0.685. The average molecular weight is 393 g/mol. The van der Waals surface area contributed by atoms with E-state index < -0.39 is 24.5 Å². The Bertz CT molecular complexity index is 824. The van der Waals surface area contributed by atoms with Crippen LogP contribution in [0.15, 0.2) is 23.8 Å². The monoisotopic (exact) mass is 393 g/mol. The minimum absolute atomic E-state index is 0.160. The third-order valence-corrected chi connectivity index (χ3v) is 5.00. The normalized spacial score (nSPS) is 15.1. The number of aromatic nitrogens is 2. The van der Waals surface area contributed by atoms with Crippen molar-refractivity contribution in [3.63, 3.8) is 0 Å². The van der Waals surface area contributed by atoms with Gasteiger partial charge in [-0.15, -0.1) is 11.3 Å². The third-order valence-electron chi connectivity index (χ3n) is 4.10. The molecule has 2 aromatic rings. The van der Waals surface area contributed by atoms with Crippen LogP contribution >= 0.6 is 11.3 Å². The molecule has 1 aliphatic heterocycles. The molecule has 1 atom stereocenters. The van der Waals surface area contributed by atoms with Gasteiger partial charge in [0.1, 0.15) is 12.4 Å². The fourth-order valence-electron chi connectivity index (χ4n) is 2.47. The summed E-state index contributed by atoms with van der Waals surface area (Å²) >= 11 is 1.37. The number of pyridine rings is 1. The number of halogens is 1. The molecule has 0 radical (unpaired) electrons. The Kier molecular flexibility index (Phi) is 5.97. The molecule has 0 aliphatic carbocycles. The Morgan fingerprint density at radius 1 is 1.44 bits per heavy atom. The second-order valence-corrected chi connectivity index (χ2v) is 7.02. The molecule has 27 heavy (non-hydrogen) atoms. The Morgan fingerprint density at radius 3 is 2.93 bits per heavy atom. The quantitative estimate of drug-likeness (QED) is 0.744. The van der Waals surface area contributed by atoms with Crippen molar-refractivity contribution in [2.75, 3.05) is 37.1 Å². The van der Waals surface area contributed by atoms with E-state index in [1.165, 1.54) is 29.8 Å². The van der Waals surface area contributed by atoms with E-state index >= 15 is 0 Å². The van der Waals surface area contributed by atoms with Crippen molar-refractivity contribution < 1.29 is 18.7 Å². The van der Waals surface area contributed by atoms with Crippen LogP contribution in [0.5, 0.6) is 0 Å². The molecule has 0 bridgehead atoms. The number of carbonyl (C=O) groups is 2. The number of hydrogen-bond acceptors (Lipinski definition) is 7. The summed E-state index contributed by atoms with van der Waals surface area (Å²) in [7, 11) is 1.67. The van der Waals surface area contributed by atoms with Crippen LogP contribution in [0, 0.1) is 0 Å². The third kappa shape index (κ3) is 4.40. The maximum atomic E-state index is 12.6. The van der Waals surface area contributed by atoms with Gasteiger partial charge in [-0.1, -0.05) is 0 Å². The van der Waals surface area contributed by atoms with Crippen molar-refractivity contribution in [3.8, 4) is 0 Å². The molecule has 0 aromatic carbocycles. The zero-order valence-corrected chi connectivity index (χ0v) is 15.8. The summed E-state index contributed by atoms with van der Waals surface area (Å²) in [4.78, 5) is 35.0. The highest BCUT2D eigenvalue weighted by Crippen LogP contribution is 2.26. The number of ether oxygens (including phenoxy) is 1. The number of anilines is 2. The summed E-state index contributed by atoms with van der Waals surface area (Å²) < 4.78 is 17.9. The van der Waals surface area contributed by atoms with E-state index in [0.29, 0.717) is 0 Å². The summed E-state index contributed by atoms with van der Waals surface area (Å²) in [5.74, 6) is -0.936. The van der Waals surface area contributed by atoms with Crippen molar-refractivity contribution in [1.29, 1.82) is 0 Å². The van der Waals surface area contributed by atoms with Crippen molar-refractivity contribution >= 4 is 34.0 Å². The highest BCUT2D eigenvalue weighted by Gasteiger charge is 2.29. The number of methoxy groups -OCH3 is 1. The van der Waals surface area contributed by atoms with Crippen LogP contribution in [0.4, 0.5) is 15.2 Å². The highest BCUT2D eigenvalue weighted by atomic mass is 32.1. The van der Waals surface area contributed by atoms with E-state index in [1.54, 1.807) is 19.4 Å². The summed E-state index contributed by atoms with van der Waals surface area (Å²) in [5, 5.41) is 7.59. The van der Waals surface area contributed by atoms with Gasteiger partial charge in [0.05, 0.1) is 23.4 Å². The van der Waals surface area contributed by atoms with E-state index in [9.17, 15) is 14.0 Å². The fraction of sp³-hybridized carbons (Fsp3) is 0.412. The number of amides is 2. The van der Waals surface area contributed by atoms with E-state index in [-0.39, 0.29) is 23.0 Å². The van der Waals surface area contributed by atoms with Gasteiger partial charge in [-0.3, -0.25) is 14.6 Å². The predicted molar refractivity (Wildman–Crippen MR) is 100 cm³/mol. The zero-order chi connectivity index (χ0) is 19.4. The summed E-state index contributed by atoms with van der Waals surface area (Å²) in [5.41, 5.74) is 0.708. The standard InChI is InChI=1S/C17H20FN5O3S/c1-10(5-18)20-15(24)12-6-19-4-3-13(12)21-16(25)14-9-27-17(22-14)23-7-11(8-23)26-2/h3-4,6,9-11H,5,7-8H2,1-2H3,(H,20,24)(H,19,21,25)/t10-/m0/s1. The van der Waals surface area contributed by atoms with Gasteiger partial charge in [-0.05, 0) is 13.0 Å². The van der Waals surface area contributed by atoms with Gasteiger partial charge < -0.3 is 20.3 Å². The van der Waals surface area contributed by atoms with Crippen LogP contribution in [-0.2, 0) is 4.74 Å². The lowest BCUT2D eigenvalue weighted by atomic mass is 10.2. The van der Waals surface area contributed by atoms with Gasteiger partial charge in [-0.2, -0.15) is 0 Å². The summed E-state index contributed by atoms with van der Waals surface area (Å²) in [6.45, 7) is 2.35. The van der Waals surface area contributed by atoms with Gasteiger partial charge in [0.15, 0.2) is 5.13 Å². The maximum absolute atomic E-state index is 12.6. The van der Waals surface area contributed by atoms with Crippen molar-refractivity contribution in [2.24, 2.45) is 0 Å². The molecule has 1 saturated heterocycles. The smallest absolute Gasteiger partial charge is 0.275 e. The van der Waals surface area contributed by atoms with Crippen molar-refractivity contribution in [2.45, 2.75) is 19.1 Å². The van der Waals surface area contributed by atoms with Crippen LogP contribution in [-0.4, -0.2) is 60.8 Å². The van der Waals surface area contributed by atoms with Gasteiger partial charge in [0.25, 0.3) is 11.8 Å². The lowest BCUT2D eigenvalue weighted by Crippen LogP contribution is -2.51. The first-order valence-corrected chi connectivity index (χ1v) is 9.25. The van der Waals surface area contributed by atoms with Gasteiger partial charge in [0.2, 0.25) is 0 Å². The van der Waals surface area contributed by atoms with Crippen LogP contribution < -0.4 is 15.5 Å².